The van der Waals surface area contributed by atoms with Gasteiger partial charge in [-0.15, -0.1) is 0 Å². The van der Waals surface area contributed by atoms with Gasteiger partial charge in [-0.25, -0.2) is 4.79 Å². The molecule has 2 saturated heterocycles. The summed E-state index contributed by atoms with van der Waals surface area (Å²) in [4.78, 5) is 38.1. The Hall–Kier alpha value is -2.55. The van der Waals surface area contributed by atoms with E-state index in [4.69, 9.17) is 14.2 Å². The van der Waals surface area contributed by atoms with Gasteiger partial charge in [0.25, 0.3) is 11.5 Å². The number of hydrogen-bond donors (Lipinski definition) is 0. The van der Waals surface area contributed by atoms with Gasteiger partial charge in [0.15, 0.2) is 0 Å². The van der Waals surface area contributed by atoms with Crippen LogP contribution in [-0.2, 0) is 14.2 Å². The molecule has 0 bridgehead atoms. The SMILES string of the molecule is O=C(c1ccccc1)n1c(=O)ccn(C2OC3C4OCOC43C23CC3)c1=O. The maximum atomic E-state index is 13.1. The van der Waals surface area contributed by atoms with Crippen molar-refractivity contribution in [2.24, 2.45) is 5.41 Å². The van der Waals surface area contributed by atoms with Gasteiger partial charge in [-0.1, -0.05) is 18.2 Å². The highest BCUT2D eigenvalue weighted by atomic mass is 16.8. The molecule has 2 spiro atoms. The molecule has 2 aliphatic heterocycles. The monoisotopic (exact) mass is 368 g/mol. The standard InChI is InChI=1S/C19H16N2O6/c22-12-6-9-20(17(24)21(12)15(23)11-4-2-1-3-5-11)16-18(7-8-18)19-13(14(19)27-16)25-10-26-19/h1-6,9,13-14,16H,7-8,10H2. The Morgan fingerprint density at radius 2 is 1.85 bits per heavy atom. The summed E-state index contributed by atoms with van der Waals surface area (Å²) in [6.07, 6.45) is 2.28. The topological polar surface area (TPSA) is 88.8 Å². The first kappa shape index (κ1) is 15.5. The van der Waals surface area contributed by atoms with Crippen LogP contribution >= 0.6 is 0 Å². The van der Waals surface area contributed by atoms with Crippen molar-refractivity contribution in [3.05, 3.63) is 69.0 Å². The average Bonchev–Trinajstić information content (AvgIpc) is 3.50. The van der Waals surface area contributed by atoms with Gasteiger partial charge in [-0.2, -0.15) is 4.57 Å². The number of fused-ring (bicyclic) bond motifs is 1. The molecule has 0 N–H and O–H groups in total. The molecule has 3 heterocycles. The van der Waals surface area contributed by atoms with Crippen LogP contribution in [0.5, 0.6) is 0 Å². The number of nitrogens with zero attached hydrogens (tertiary/aromatic N) is 2. The molecule has 4 unspecified atom stereocenters. The number of benzene rings is 1. The number of rotatable bonds is 2. The first-order valence-electron chi connectivity index (χ1n) is 8.95. The van der Waals surface area contributed by atoms with Crippen molar-refractivity contribution < 1.29 is 19.0 Å². The maximum Gasteiger partial charge on any atom is 0.340 e. The molecule has 8 heteroatoms. The van der Waals surface area contributed by atoms with Crippen LogP contribution in [0.2, 0.25) is 0 Å². The highest BCUT2D eigenvalue weighted by molar-refractivity contribution is 5.95. The normalized spacial score (nSPS) is 34.3. The van der Waals surface area contributed by atoms with Gasteiger partial charge in [0.1, 0.15) is 30.8 Å². The highest BCUT2D eigenvalue weighted by Gasteiger charge is 2.90. The summed E-state index contributed by atoms with van der Waals surface area (Å²) >= 11 is 0. The molecule has 6 rings (SSSR count). The van der Waals surface area contributed by atoms with E-state index >= 15 is 0 Å². The molecule has 0 amide bonds. The van der Waals surface area contributed by atoms with E-state index in [1.54, 1.807) is 30.3 Å². The van der Waals surface area contributed by atoms with Gasteiger partial charge in [0.2, 0.25) is 0 Å². The molecule has 2 aromatic rings. The number of carbonyl (C=O) groups is 1. The second-order valence-electron chi connectivity index (χ2n) is 7.56. The van der Waals surface area contributed by atoms with Crippen LogP contribution in [0.25, 0.3) is 0 Å². The van der Waals surface area contributed by atoms with Gasteiger partial charge in [-0.05, 0) is 25.0 Å². The zero-order chi connectivity index (χ0) is 18.4. The van der Waals surface area contributed by atoms with E-state index in [0.717, 1.165) is 12.8 Å². The highest BCUT2D eigenvalue weighted by Crippen LogP contribution is 2.78. The molecule has 1 aromatic carbocycles. The van der Waals surface area contributed by atoms with E-state index in [9.17, 15) is 14.4 Å². The molecular formula is C19H16N2O6. The third-order valence-corrected chi connectivity index (χ3v) is 6.36. The fourth-order valence-electron chi connectivity index (χ4n) is 4.90. The minimum Gasteiger partial charge on any atom is -0.348 e. The molecule has 2 saturated carbocycles. The van der Waals surface area contributed by atoms with E-state index < -0.39 is 29.0 Å². The predicted molar refractivity (Wildman–Crippen MR) is 90.3 cm³/mol. The number of hydrogen-bond acceptors (Lipinski definition) is 6. The van der Waals surface area contributed by atoms with Crippen LogP contribution in [0.4, 0.5) is 0 Å². The summed E-state index contributed by atoms with van der Waals surface area (Å²) in [6, 6.07) is 9.50. The van der Waals surface area contributed by atoms with E-state index in [2.05, 4.69) is 0 Å². The minimum atomic E-state index is -0.694. The lowest BCUT2D eigenvalue weighted by Crippen LogP contribution is -2.46. The van der Waals surface area contributed by atoms with Crippen molar-refractivity contribution in [3.63, 3.8) is 0 Å². The fraction of sp³-hybridized carbons (Fsp3) is 0.421. The van der Waals surface area contributed by atoms with Crippen molar-refractivity contribution >= 4 is 5.91 Å². The summed E-state index contributed by atoms with van der Waals surface area (Å²) in [5, 5.41) is 0. The van der Waals surface area contributed by atoms with Crippen LogP contribution in [0.15, 0.2) is 52.2 Å². The van der Waals surface area contributed by atoms with E-state index in [1.165, 1.54) is 16.8 Å². The second kappa shape index (κ2) is 4.83. The van der Waals surface area contributed by atoms with Crippen molar-refractivity contribution in [2.45, 2.75) is 36.9 Å². The van der Waals surface area contributed by atoms with Gasteiger partial charge >= 0.3 is 5.69 Å². The van der Waals surface area contributed by atoms with Crippen LogP contribution in [0.1, 0.15) is 29.4 Å². The Balaban J connectivity index is 1.45. The molecule has 4 fully saturated rings. The van der Waals surface area contributed by atoms with E-state index in [1.807, 2.05) is 0 Å². The fourth-order valence-corrected chi connectivity index (χ4v) is 4.90. The average molecular weight is 368 g/mol. The summed E-state index contributed by atoms with van der Waals surface area (Å²) < 4.78 is 19.6. The minimum absolute atomic E-state index is 0.0798. The van der Waals surface area contributed by atoms with E-state index in [0.29, 0.717) is 4.57 Å². The van der Waals surface area contributed by atoms with Crippen molar-refractivity contribution in [2.75, 3.05) is 6.79 Å². The van der Waals surface area contributed by atoms with Gasteiger partial charge in [-0.3, -0.25) is 14.2 Å². The maximum absolute atomic E-state index is 13.1. The predicted octanol–water partition coefficient (Wildman–Crippen LogP) is 0.501. The van der Waals surface area contributed by atoms with Gasteiger partial charge < -0.3 is 14.2 Å². The zero-order valence-electron chi connectivity index (χ0n) is 14.2. The summed E-state index contributed by atoms with van der Waals surface area (Å²) in [6.45, 7) is 0.236. The Morgan fingerprint density at radius 3 is 2.59 bits per heavy atom. The van der Waals surface area contributed by atoms with Gasteiger partial charge in [0.05, 0.1) is 5.41 Å². The van der Waals surface area contributed by atoms with Crippen LogP contribution in [0, 0.1) is 5.41 Å². The second-order valence-corrected chi connectivity index (χ2v) is 7.56. The molecule has 4 atom stereocenters. The van der Waals surface area contributed by atoms with E-state index in [-0.39, 0.29) is 30.0 Å². The first-order chi connectivity index (χ1) is 13.1. The lowest BCUT2D eigenvalue weighted by atomic mass is 9.95. The third kappa shape index (κ3) is 1.71. The molecule has 138 valence electrons. The Kier molecular flexibility index (Phi) is 2.78. The number of aromatic nitrogens is 2. The molecule has 27 heavy (non-hydrogen) atoms. The molecule has 1 aromatic heterocycles. The van der Waals surface area contributed by atoms with Crippen LogP contribution < -0.4 is 11.2 Å². The number of ether oxygens (including phenoxy) is 3. The first-order valence-corrected chi connectivity index (χ1v) is 8.95. The zero-order valence-corrected chi connectivity index (χ0v) is 14.2. The molecule has 0 radical (unpaired) electrons. The Morgan fingerprint density at radius 1 is 1.07 bits per heavy atom. The van der Waals surface area contributed by atoms with Crippen molar-refractivity contribution in [1.82, 2.24) is 9.13 Å². The molecule has 4 aliphatic rings. The summed E-state index contributed by atoms with van der Waals surface area (Å²) in [7, 11) is 0. The molecular weight excluding hydrogens is 352 g/mol. The van der Waals surface area contributed by atoms with Crippen molar-refractivity contribution in [1.29, 1.82) is 0 Å². The quantitative estimate of drug-likeness (QED) is 0.767. The largest absolute Gasteiger partial charge is 0.348 e. The van der Waals surface area contributed by atoms with Crippen LogP contribution in [0.3, 0.4) is 0 Å². The third-order valence-electron chi connectivity index (χ3n) is 6.36. The smallest absolute Gasteiger partial charge is 0.340 e. The summed E-state index contributed by atoms with van der Waals surface area (Å²) in [5.74, 6) is -0.649. The Bertz CT molecular complexity index is 1090. The summed E-state index contributed by atoms with van der Waals surface area (Å²) in [5.41, 5.74) is -1.89. The van der Waals surface area contributed by atoms with Crippen molar-refractivity contribution in [3.8, 4) is 0 Å². The van der Waals surface area contributed by atoms with Gasteiger partial charge in [0, 0.05) is 17.8 Å². The Labute approximate surface area is 152 Å². The molecule has 8 nitrogen and oxygen atoms in total. The number of carbonyl (C=O) groups excluding carboxylic acids is 1. The lowest BCUT2D eigenvalue weighted by Gasteiger charge is -2.27. The lowest BCUT2D eigenvalue weighted by molar-refractivity contribution is -0.0658. The van der Waals surface area contributed by atoms with Crippen LogP contribution in [-0.4, -0.2) is 39.6 Å². The molecule has 2 aliphatic carbocycles.